The Hall–Kier alpha value is -5.57. The standard InChI is InChI=1S/C60H64N3O.Pt/c1-36(2)40-18-20-41(21-19-40)43-24-25-61-52(34-43)46-29-45(32-47(33-46)58(6,7)8)50-16-15-17-54-55(50)62-57(51-27-37(3)26-39(5)56(51)64)63(54)53-23-22-42(28-38(53)4)44-30-48(59(9,10)11)35-49(31-44)60(12,13)14;/h15-28,30-36,64H,1-14H3;/q-1;/i4D3,36D;. The average Bonchev–Trinajstić information content (AvgIpc) is 3.65. The molecule has 8 aromatic rings. The Balaban J connectivity index is 0.00000703. The molecule has 6 aromatic carbocycles. The second-order valence-electron chi connectivity index (χ2n) is 20.9. The third-order valence-electron chi connectivity index (χ3n) is 12.5. The number of aryl methyl sites for hydroxylation is 3. The quantitative estimate of drug-likeness (QED) is 0.162. The van der Waals surface area contributed by atoms with Gasteiger partial charge in [0.2, 0.25) is 0 Å². The molecule has 2 aromatic heterocycles. The number of para-hydroxylation sites is 1. The summed E-state index contributed by atoms with van der Waals surface area (Å²) in [5.74, 6) is -0.180. The number of fused-ring (bicyclic) bond motifs is 1. The topological polar surface area (TPSA) is 50.9 Å². The molecule has 0 aliphatic rings. The van der Waals surface area contributed by atoms with Crippen LogP contribution in [0.15, 0.2) is 121 Å². The van der Waals surface area contributed by atoms with E-state index in [0.29, 0.717) is 33.7 Å². The predicted molar refractivity (Wildman–Crippen MR) is 271 cm³/mol. The van der Waals surface area contributed by atoms with Crippen molar-refractivity contribution in [1.29, 1.82) is 0 Å². The number of hydrogen-bond donors (Lipinski definition) is 1. The Labute approximate surface area is 408 Å². The number of imidazole rings is 1. The van der Waals surface area contributed by atoms with Crippen LogP contribution in [0.3, 0.4) is 0 Å². The van der Waals surface area contributed by atoms with E-state index in [2.05, 4.69) is 117 Å². The van der Waals surface area contributed by atoms with Crippen LogP contribution < -0.4 is 0 Å². The predicted octanol–water partition coefficient (Wildman–Crippen LogP) is 16.2. The van der Waals surface area contributed by atoms with Gasteiger partial charge in [0.25, 0.3) is 0 Å². The molecule has 0 spiro atoms. The van der Waals surface area contributed by atoms with Crippen LogP contribution in [0.2, 0.25) is 0 Å². The van der Waals surface area contributed by atoms with Crippen LogP contribution >= 0.6 is 0 Å². The zero-order chi connectivity index (χ0) is 49.5. The van der Waals surface area contributed by atoms with Gasteiger partial charge in [0.15, 0.2) is 0 Å². The molecule has 1 N–H and O–H groups in total. The summed E-state index contributed by atoms with van der Waals surface area (Å²) in [4.78, 5) is 10.3. The molecule has 0 atom stereocenters. The molecule has 0 amide bonds. The SMILES string of the molecule is [2H]C([2H])([2H])c1cc(-c2cc(C(C)(C)C)cc(C(C)(C)C)c2)ccc1-n1c(-c2cc(C)cc(C)c2O)nc2c(-c3[c-]c(-c4cc(-c5ccc(C([2H])(C)C)cc5)ccn4)cc(C(C)(C)C)c3)cccc21.[Pt]. The van der Waals surface area contributed by atoms with Crippen LogP contribution in [0.5, 0.6) is 5.75 Å². The Morgan fingerprint density at radius 2 is 1.25 bits per heavy atom. The van der Waals surface area contributed by atoms with Gasteiger partial charge in [-0.1, -0.05) is 160 Å². The van der Waals surface area contributed by atoms with Crippen molar-refractivity contribution in [2.75, 3.05) is 0 Å². The van der Waals surface area contributed by atoms with E-state index < -0.39 is 12.7 Å². The minimum absolute atomic E-state index is 0. The van der Waals surface area contributed by atoms with Crippen LogP contribution in [-0.4, -0.2) is 19.6 Å². The molecule has 0 radical (unpaired) electrons. The fourth-order valence-electron chi connectivity index (χ4n) is 8.48. The van der Waals surface area contributed by atoms with Gasteiger partial charge in [0.1, 0.15) is 11.6 Å². The van der Waals surface area contributed by atoms with Crippen LogP contribution in [0.1, 0.15) is 126 Å². The summed E-state index contributed by atoms with van der Waals surface area (Å²) in [6, 6.07) is 42.5. The van der Waals surface area contributed by atoms with Gasteiger partial charge in [-0.2, -0.15) is 0 Å². The summed E-state index contributed by atoms with van der Waals surface area (Å²) in [6.45, 7) is 24.9. The van der Waals surface area contributed by atoms with Gasteiger partial charge in [0.05, 0.1) is 22.3 Å². The van der Waals surface area contributed by atoms with Gasteiger partial charge in [0, 0.05) is 38.4 Å². The van der Waals surface area contributed by atoms with Crippen LogP contribution in [0, 0.1) is 26.8 Å². The largest absolute Gasteiger partial charge is 0.507 e. The van der Waals surface area contributed by atoms with Crippen molar-refractivity contribution in [2.24, 2.45) is 0 Å². The molecule has 0 bridgehead atoms. The van der Waals surface area contributed by atoms with Crippen LogP contribution in [-0.2, 0) is 37.3 Å². The van der Waals surface area contributed by atoms with Crippen molar-refractivity contribution in [3.63, 3.8) is 0 Å². The van der Waals surface area contributed by atoms with Crippen molar-refractivity contribution in [1.82, 2.24) is 14.5 Å². The molecule has 2 heterocycles. The summed E-state index contributed by atoms with van der Waals surface area (Å²) >= 11 is 0. The zero-order valence-corrected chi connectivity index (χ0v) is 42.4. The monoisotopic (exact) mass is 1040 g/mol. The zero-order valence-electron chi connectivity index (χ0n) is 44.2. The smallest absolute Gasteiger partial charge is 0.148 e. The third-order valence-corrected chi connectivity index (χ3v) is 12.5. The van der Waals surface area contributed by atoms with E-state index in [1.54, 1.807) is 0 Å². The number of pyridine rings is 1. The molecule has 0 saturated carbocycles. The number of aromatic nitrogens is 3. The summed E-state index contributed by atoms with van der Waals surface area (Å²) in [5.41, 5.74) is 15.0. The summed E-state index contributed by atoms with van der Waals surface area (Å²) in [7, 11) is 0. The molecular formula is C60H64N3OPt-. The van der Waals surface area contributed by atoms with Gasteiger partial charge in [-0.25, -0.2) is 4.98 Å². The first kappa shape index (κ1) is 42.1. The third kappa shape index (κ3) is 9.57. The number of nitrogens with zero attached hydrogens (tertiary/aromatic N) is 3. The number of rotatable bonds is 7. The number of aromatic hydroxyl groups is 1. The first-order chi connectivity index (χ1) is 31.6. The van der Waals surface area contributed by atoms with Crippen molar-refractivity contribution in [2.45, 2.75) is 119 Å². The molecule has 5 heteroatoms. The van der Waals surface area contributed by atoms with Gasteiger partial charge >= 0.3 is 0 Å². The maximum absolute atomic E-state index is 11.8. The van der Waals surface area contributed by atoms with Crippen molar-refractivity contribution >= 4 is 11.0 Å². The minimum Gasteiger partial charge on any atom is -0.507 e. The van der Waals surface area contributed by atoms with E-state index in [0.717, 1.165) is 61.3 Å². The Kier molecular flexibility index (Phi) is 11.4. The van der Waals surface area contributed by atoms with Crippen molar-refractivity contribution in [3.8, 4) is 67.5 Å². The molecule has 0 saturated heterocycles. The maximum Gasteiger partial charge on any atom is 0.148 e. The Morgan fingerprint density at radius 1 is 0.631 bits per heavy atom. The van der Waals surface area contributed by atoms with Gasteiger partial charge in [-0.05, 0) is 129 Å². The molecule has 0 aliphatic carbocycles. The molecule has 0 aliphatic heterocycles. The summed E-state index contributed by atoms with van der Waals surface area (Å²) in [6.07, 6.45) is 1.83. The minimum atomic E-state index is -2.51. The first-order valence-corrected chi connectivity index (χ1v) is 22.4. The van der Waals surface area contributed by atoms with E-state index in [1.165, 1.54) is 11.1 Å². The fraction of sp³-hybridized carbons (Fsp3) is 0.300. The molecule has 4 nitrogen and oxygen atoms in total. The van der Waals surface area contributed by atoms with E-state index >= 15 is 0 Å². The molecule has 65 heavy (non-hydrogen) atoms. The fourth-order valence-corrected chi connectivity index (χ4v) is 8.48. The maximum atomic E-state index is 11.8. The molecule has 0 fully saturated rings. The molecule has 336 valence electrons. The van der Waals surface area contributed by atoms with E-state index in [1.807, 2.05) is 105 Å². The molecule has 8 rings (SSSR count). The van der Waals surface area contributed by atoms with E-state index in [9.17, 15) is 5.11 Å². The van der Waals surface area contributed by atoms with Crippen LogP contribution in [0.4, 0.5) is 0 Å². The Bertz CT molecular complexity index is 3200. The second-order valence-corrected chi connectivity index (χ2v) is 20.9. The normalized spacial score (nSPS) is 13.5. The van der Waals surface area contributed by atoms with Crippen molar-refractivity contribution < 1.29 is 31.7 Å². The van der Waals surface area contributed by atoms with Gasteiger partial charge in [-0.15, -0.1) is 29.3 Å². The number of phenols is 1. The van der Waals surface area contributed by atoms with E-state index in [-0.39, 0.29) is 48.6 Å². The summed E-state index contributed by atoms with van der Waals surface area (Å²) in [5, 5.41) is 11.8. The number of hydrogen-bond acceptors (Lipinski definition) is 3. The number of benzene rings is 6. The molecular weight excluding hydrogens is 974 g/mol. The van der Waals surface area contributed by atoms with Gasteiger partial charge < -0.3 is 5.11 Å². The van der Waals surface area contributed by atoms with Crippen LogP contribution in [0.25, 0.3) is 72.7 Å². The Morgan fingerprint density at radius 3 is 1.88 bits per heavy atom. The number of phenolic OH excluding ortho intramolecular Hbond substituents is 1. The average molecular weight is 1040 g/mol. The van der Waals surface area contributed by atoms with Gasteiger partial charge in [-0.3, -0.25) is 9.55 Å². The first-order valence-electron chi connectivity index (χ1n) is 24.4. The second kappa shape index (κ2) is 17.7. The summed E-state index contributed by atoms with van der Waals surface area (Å²) < 4.78 is 37.6. The molecule has 0 unspecified atom stereocenters. The van der Waals surface area contributed by atoms with Crippen molar-refractivity contribution in [3.05, 3.63) is 166 Å². The van der Waals surface area contributed by atoms with E-state index in [4.69, 9.17) is 15.5 Å².